The predicted molar refractivity (Wildman–Crippen MR) is 72.6 cm³/mol. The lowest BCUT2D eigenvalue weighted by molar-refractivity contribution is 0.0899. The van der Waals surface area contributed by atoms with E-state index in [0.717, 1.165) is 12.8 Å². The average molecular weight is 265 g/mol. The first-order chi connectivity index (χ1) is 8.95. The van der Waals surface area contributed by atoms with E-state index in [-0.39, 0.29) is 22.8 Å². The Kier molecular flexibility index (Phi) is 3.73. The summed E-state index contributed by atoms with van der Waals surface area (Å²) in [6, 6.07) is 1.41. The lowest BCUT2D eigenvalue weighted by Crippen LogP contribution is -2.45. The number of aromatic nitrogens is 1. The molecule has 0 aromatic carbocycles. The van der Waals surface area contributed by atoms with Gasteiger partial charge in [-0.2, -0.15) is 0 Å². The van der Waals surface area contributed by atoms with Gasteiger partial charge in [0.25, 0.3) is 5.91 Å². The van der Waals surface area contributed by atoms with Gasteiger partial charge in [0.2, 0.25) is 0 Å². The van der Waals surface area contributed by atoms with Gasteiger partial charge in [-0.1, -0.05) is 0 Å². The maximum atomic E-state index is 14.1. The van der Waals surface area contributed by atoms with Crippen LogP contribution < -0.4 is 10.6 Å². The van der Waals surface area contributed by atoms with Crippen LogP contribution in [0.5, 0.6) is 0 Å². The largest absolute Gasteiger partial charge is 0.368 e. The van der Waals surface area contributed by atoms with E-state index >= 15 is 0 Å². The maximum Gasteiger partial charge on any atom is 0.254 e. The molecule has 2 rings (SSSR count). The van der Waals surface area contributed by atoms with Gasteiger partial charge < -0.3 is 10.6 Å². The summed E-state index contributed by atoms with van der Waals surface area (Å²) in [6.45, 7) is 6.37. The Labute approximate surface area is 112 Å². The second-order valence-corrected chi connectivity index (χ2v) is 5.50. The highest BCUT2D eigenvalue weighted by Gasteiger charge is 2.39. The molecule has 0 aliphatic heterocycles. The predicted octanol–water partition coefficient (Wildman–Crippen LogP) is 2.57. The van der Waals surface area contributed by atoms with Gasteiger partial charge in [0.15, 0.2) is 11.6 Å². The van der Waals surface area contributed by atoms with Crippen LogP contribution >= 0.6 is 0 Å². The number of halogens is 1. The zero-order valence-corrected chi connectivity index (χ0v) is 11.6. The molecule has 1 fully saturated rings. The first-order valence-electron chi connectivity index (χ1n) is 6.66. The van der Waals surface area contributed by atoms with Crippen molar-refractivity contribution in [3.63, 3.8) is 0 Å². The number of hydrogen-bond acceptors (Lipinski definition) is 3. The van der Waals surface area contributed by atoms with E-state index in [0.29, 0.717) is 12.5 Å². The average Bonchev–Trinajstić information content (AvgIpc) is 3.15. The standard InChI is InChI=1S/C14H20FN3O/c1-4-16-12-11(15)10(7-8-17-12)13(19)18-14(2,3)9-5-6-9/h7-9H,4-6H2,1-3H3,(H,16,17)(H,18,19). The quantitative estimate of drug-likeness (QED) is 0.860. The number of hydrogen-bond donors (Lipinski definition) is 2. The van der Waals surface area contributed by atoms with Gasteiger partial charge in [0.05, 0.1) is 5.56 Å². The number of carbonyl (C=O) groups excluding carboxylic acids is 1. The Morgan fingerprint density at radius 3 is 2.79 bits per heavy atom. The van der Waals surface area contributed by atoms with Gasteiger partial charge in [0, 0.05) is 18.3 Å². The zero-order valence-electron chi connectivity index (χ0n) is 11.6. The van der Waals surface area contributed by atoms with Crippen molar-refractivity contribution in [2.75, 3.05) is 11.9 Å². The molecule has 1 amide bonds. The minimum atomic E-state index is -0.589. The van der Waals surface area contributed by atoms with Crippen molar-refractivity contribution in [3.8, 4) is 0 Å². The number of amides is 1. The van der Waals surface area contributed by atoms with Crippen LogP contribution in [0, 0.1) is 11.7 Å². The number of nitrogens with zero attached hydrogens (tertiary/aromatic N) is 1. The smallest absolute Gasteiger partial charge is 0.254 e. The van der Waals surface area contributed by atoms with E-state index < -0.39 is 5.82 Å². The summed E-state index contributed by atoms with van der Waals surface area (Å²) in [5.74, 6) is -0.349. The number of pyridine rings is 1. The Morgan fingerprint density at radius 1 is 1.53 bits per heavy atom. The number of anilines is 1. The van der Waals surface area contributed by atoms with E-state index in [1.165, 1.54) is 12.3 Å². The Hall–Kier alpha value is -1.65. The van der Waals surface area contributed by atoms with E-state index in [1.54, 1.807) is 0 Å². The fourth-order valence-corrected chi connectivity index (χ4v) is 2.18. The first kappa shape index (κ1) is 13.8. The summed E-state index contributed by atoms with van der Waals surface area (Å²) in [5.41, 5.74) is -0.245. The SMILES string of the molecule is CCNc1nccc(C(=O)NC(C)(C)C2CC2)c1F. The van der Waals surface area contributed by atoms with Gasteiger partial charge in [-0.05, 0) is 45.6 Å². The molecule has 0 radical (unpaired) electrons. The summed E-state index contributed by atoms with van der Waals surface area (Å²) in [4.78, 5) is 16.1. The summed E-state index contributed by atoms with van der Waals surface area (Å²) >= 11 is 0. The molecule has 1 aliphatic carbocycles. The van der Waals surface area contributed by atoms with E-state index in [9.17, 15) is 9.18 Å². The van der Waals surface area contributed by atoms with Crippen LogP contribution in [-0.2, 0) is 0 Å². The highest BCUT2D eigenvalue weighted by atomic mass is 19.1. The van der Waals surface area contributed by atoms with Crippen LogP contribution in [0.15, 0.2) is 12.3 Å². The molecule has 1 aliphatic rings. The Bertz CT molecular complexity index is 484. The fourth-order valence-electron chi connectivity index (χ4n) is 2.18. The maximum absolute atomic E-state index is 14.1. The molecule has 5 heteroatoms. The summed E-state index contributed by atoms with van der Waals surface area (Å²) in [5, 5.41) is 5.71. The molecule has 1 saturated carbocycles. The third-order valence-electron chi connectivity index (χ3n) is 3.51. The lowest BCUT2D eigenvalue weighted by Gasteiger charge is -2.26. The minimum absolute atomic E-state index is 0.0414. The van der Waals surface area contributed by atoms with E-state index in [4.69, 9.17) is 0 Å². The van der Waals surface area contributed by atoms with Crippen LogP contribution in [-0.4, -0.2) is 23.0 Å². The summed E-state index contributed by atoms with van der Waals surface area (Å²) < 4.78 is 14.1. The van der Waals surface area contributed by atoms with Crippen LogP contribution in [0.1, 0.15) is 44.0 Å². The van der Waals surface area contributed by atoms with Gasteiger partial charge >= 0.3 is 0 Å². The van der Waals surface area contributed by atoms with Crippen molar-refractivity contribution in [2.45, 2.75) is 39.2 Å². The van der Waals surface area contributed by atoms with E-state index in [2.05, 4.69) is 15.6 Å². The summed E-state index contributed by atoms with van der Waals surface area (Å²) in [7, 11) is 0. The highest BCUT2D eigenvalue weighted by molar-refractivity contribution is 5.95. The topological polar surface area (TPSA) is 54.0 Å². The van der Waals surface area contributed by atoms with E-state index in [1.807, 2.05) is 20.8 Å². The molecule has 2 N–H and O–H groups in total. The molecular formula is C14H20FN3O. The molecule has 4 nitrogen and oxygen atoms in total. The molecule has 0 spiro atoms. The Balaban J connectivity index is 2.16. The highest BCUT2D eigenvalue weighted by Crippen LogP contribution is 2.39. The third-order valence-corrected chi connectivity index (χ3v) is 3.51. The van der Waals surface area contributed by atoms with Gasteiger partial charge in [-0.3, -0.25) is 4.79 Å². The van der Waals surface area contributed by atoms with Crippen molar-refractivity contribution in [2.24, 2.45) is 5.92 Å². The van der Waals surface area contributed by atoms with Crippen molar-refractivity contribution in [3.05, 3.63) is 23.6 Å². The normalized spacial score (nSPS) is 15.2. The Morgan fingerprint density at radius 2 is 2.21 bits per heavy atom. The second kappa shape index (κ2) is 5.15. The molecule has 19 heavy (non-hydrogen) atoms. The molecular weight excluding hydrogens is 245 g/mol. The minimum Gasteiger partial charge on any atom is -0.368 e. The number of carbonyl (C=O) groups is 1. The van der Waals surface area contributed by atoms with Crippen molar-refractivity contribution in [1.82, 2.24) is 10.3 Å². The molecule has 104 valence electrons. The van der Waals surface area contributed by atoms with Crippen molar-refractivity contribution < 1.29 is 9.18 Å². The first-order valence-corrected chi connectivity index (χ1v) is 6.66. The van der Waals surface area contributed by atoms with Gasteiger partial charge in [-0.25, -0.2) is 9.37 Å². The molecule has 0 atom stereocenters. The monoisotopic (exact) mass is 265 g/mol. The van der Waals surface area contributed by atoms with Gasteiger partial charge in [-0.15, -0.1) is 0 Å². The molecule has 1 aromatic rings. The molecule has 1 aromatic heterocycles. The molecule has 0 saturated heterocycles. The molecule has 1 heterocycles. The second-order valence-electron chi connectivity index (χ2n) is 5.50. The van der Waals surface area contributed by atoms with Crippen LogP contribution in [0.25, 0.3) is 0 Å². The third kappa shape index (κ3) is 3.03. The van der Waals surface area contributed by atoms with Crippen LogP contribution in [0.3, 0.4) is 0 Å². The number of nitrogens with one attached hydrogen (secondary N) is 2. The number of rotatable bonds is 5. The van der Waals surface area contributed by atoms with Crippen LogP contribution in [0.4, 0.5) is 10.2 Å². The fraction of sp³-hybridized carbons (Fsp3) is 0.571. The zero-order chi connectivity index (χ0) is 14.0. The van der Waals surface area contributed by atoms with Gasteiger partial charge in [0.1, 0.15) is 0 Å². The summed E-state index contributed by atoms with van der Waals surface area (Å²) in [6.07, 6.45) is 3.68. The molecule has 0 bridgehead atoms. The van der Waals surface area contributed by atoms with Crippen LogP contribution in [0.2, 0.25) is 0 Å². The van der Waals surface area contributed by atoms with Crippen molar-refractivity contribution >= 4 is 11.7 Å². The lowest BCUT2D eigenvalue weighted by atomic mass is 9.98. The molecule has 0 unspecified atom stereocenters. The van der Waals surface area contributed by atoms with Crippen molar-refractivity contribution in [1.29, 1.82) is 0 Å².